The molecule has 0 saturated carbocycles. The highest BCUT2D eigenvalue weighted by molar-refractivity contribution is 5.69. The normalized spacial score (nSPS) is 12.3. The first-order chi connectivity index (χ1) is 12.2. The van der Waals surface area contributed by atoms with Crippen molar-refractivity contribution < 1.29 is 14.3 Å². The molecule has 25 heavy (non-hydrogen) atoms. The smallest absolute Gasteiger partial charge is 0.305 e. The van der Waals surface area contributed by atoms with Crippen molar-refractivity contribution in [1.29, 1.82) is 0 Å². The molecule has 0 fully saturated rings. The fraction of sp³-hybridized carbons (Fsp3) is 0.955. The van der Waals surface area contributed by atoms with Gasteiger partial charge in [-0.05, 0) is 19.8 Å². The predicted molar refractivity (Wildman–Crippen MR) is 107 cm³/mol. The first-order valence-corrected chi connectivity index (χ1v) is 11.0. The van der Waals surface area contributed by atoms with Crippen LogP contribution in [0.2, 0.25) is 0 Å². The third-order valence-electron chi connectivity index (χ3n) is 4.81. The number of unbranched alkanes of at least 4 members (excludes halogenated alkanes) is 12. The molecule has 0 bridgehead atoms. The van der Waals surface area contributed by atoms with Crippen molar-refractivity contribution in [3.8, 4) is 0 Å². The van der Waals surface area contributed by atoms with Gasteiger partial charge in [0.25, 0.3) is 0 Å². The lowest BCUT2D eigenvalue weighted by Gasteiger charge is -2.10. The Morgan fingerprint density at radius 1 is 0.720 bits per heavy atom. The Morgan fingerprint density at radius 3 is 1.68 bits per heavy atom. The molecule has 0 aliphatic rings. The minimum atomic E-state index is -0.0733. The zero-order chi connectivity index (χ0) is 18.6. The highest BCUT2D eigenvalue weighted by atomic mass is 16.6. The van der Waals surface area contributed by atoms with Gasteiger partial charge in [0.15, 0.2) is 0 Å². The number of hydrogen-bond donors (Lipinski definition) is 0. The minimum absolute atomic E-state index is 0.0733. The van der Waals surface area contributed by atoms with Crippen LogP contribution in [0.15, 0.2) is 0 Å². The van der Waals surface area contributed by atoms with Crippen LogP contribution < -0.4 is 0 Å². The zero-order valence-corrected chi connectivity index (χ0v) is 17.3. The number of hydrogen-bond acceptors (Lipinski definition) is 3. The van der Waals surface area contributed by atoms with Crippen LogP contribution in [-0.2, 0) is 14.3 Å². The van der Waals surface area contributed by atoms with Gasteiger partial charge in [0.05, 0.1) is 12.7 Å². The van der Waals surface area contributed by atoms with Gasteiger partial charge in [-0.3, -0.25) is 4.79 Å². The molecule has 0 aromatic heterocycles. The second kappa shape index (κ2) is 19.8. The molecule has 0 aromatic rings. The molecule has 0 N–H and O–H groups in total. The van der Waals surface area contributed by atoms with Crippen LogP contribution >= 0.6 is 0 Å². The molecule has 1 atom stereocenters. The van der Waals surface area contributed by atoms with E-state index >= 15 is 0 Å². The van der Waals surface area contributed by atoms with Gasteiger partial charge in [0.2, 0.25) is 0 Å². The monoisotopic (exact) mass is 356 g/mol. The second-order valence-electron chi connectivity index (χ2n) is 7.30. The van der Waals surface area contributed by atoms with Crippen LogP contribution in [0.4, 0.5) is 0 Å². The molecule has 0 amide bonds. The zero-order valence-electron chi connectivity index (χ0n) is 17.3. The number of carbonyl (C=O) groups excluding carboxylic acids is 1. The van der Waals surface area contributed by atoms with Crippen molar-refractivity contribution in [1.82, 2.24) is 0 Å². The van der Waals surface area contributed by atoms with Crippen LogP contribution in [0.3, 0.4) is 0 Å². The van der Waals surface area contributed by atoms with Crippen molar-refractivity contribution >= 4 is 5.97 Å². The van der Waals surface area contributed by atoms with E-state index in [-0.39, 0.29) is 12.1 Å². The van der Waals surface area contributed by atoms with E-state index < -0.39 is 0 Å². The van der Waals surface area contributed by atoms with Crippen LogP contribution in [-0.4, -0.2) is 25.3 Å². The molecular formula is C22H44O3. The Morgan fingerprint density at radius 2 is 1.20 bits per heavy atom. The maximum absolute atomic E-state index is 11.6. The number of ether oxygens (including phenoxy) is 2. The number of esters is 1. The molecule has 0 heterocycles. The molecule has 1 unspecified atom stereocenters. The maximum Gasteiger partial charge on any atom is 0.305 e. The third kappa shape index (κ3) is 19.6. The fourth-order valence-electron chi connectivity index (χ4n) is 2.88. The quantitative estimate of drug-likeness (QED) is 0.188. The van der Waals surface area contributed by atoms with E-state index in [9.17, 15) is 4.79 Å². The van der Waals surface area contributed by atoms with Gasteiger partial charge in [-0.2, -0.15) is 0 Å². The van der Waals surface area contributed by atoms with Crippen molar-refractivity contribution in [2.75, 3.05) is 13.2 Å². The first kappa shape index (κ1) is 24.4. The average Bonchev–Trinajstić information content (AvgIpc) is 2.62. The Bertz CT molecular complexity index is 278. The summed E-state index contributed by atoms with van der Waals surface area (Å²) in [5.74, 6) is -0.0733. The molecule has 0 radical (unpaired) electrons. The molecule has 0 aliphatic heterocycles. The molecule has 0 spiro atoms. The van der Waals surface area contributed by atoms with Gasteiger partial charge in [0.1, 0.15) is 6.61 Å². The fourth-order valence-corrected chi connectivity index (χ4v) is 2.88. The van der Waals surface area contributed by atoms with Gasteiger partial charge in [-0.15, -0.1) is 0 Å². The topological polar surface area (TPSA) is 35.5 Å². The summed E-state index contributed by atoms with van der Waals surface area (Å²) in [6, 6.07) is 0. The maximum atomic E-state index is 11.6. The summed E-state index contributed by atoms with van der Waals surface area (Å²) in [6.45, 7) is 7.30. The van der Waals surface area contributed by atoms with Crippen LogP contribution in [0.25, 0.3) is 0 Å². The summed E-state index contributed by atoms with van der Waals surface area (Å²) >= 11 is 0. The van der Waals surface area contributed by atoms with Crippen molar-refractivity contribution in [3.05, 3.63) is 0 Å². The van der Waals surface area contributed by atoms with E-state index in [1.807, 2.05) is 6.92 Å². The number of carbonyl (C=O) groups is 1. The van der Waals surface area contributed by atoms with Gasteiger partial charge >= 0.3 is 5.97 Å². The van der Waals surface area contributed by atoms with Crippen molar-refractivity contribution in [2.24, 2.45) is 0 Å². The molecule has 0 saturated heterocycles. The SMILES string of the molecule is CCCCCCCCCCCCCCCC(=O)OCCOC(C)CC. The van der Waals surface area contributed by atoms with Gasteiger partial charge in [0, 0.05) is 6.42 Å². The third-order valence-corrected chi connectivity index (χ3v) is 4.81. The summed E-state index contributed by atoms with van der Waals surface area (Å²) in [6.07, 6.45) is 19.0. The van der Waals surface area contributed by atoms with Crippen LogP contribution in [0.5, 0.6) is 0 Å². The van der Waals surface area contributed by atoms with E-state index in [4.69, 9.17) is 9.47 Å². The Hall–Kier alpha value is -0.570. The molecule has 0 rings (SSSR count). The molecule has 0 aromatic carbocycles. The van der Waals surface area contributed by atoms with Crippen LogP contribution in [0.1, 0.15) is 117 Å². The van der Waals surface area contributed by atoms with E-state index in [0.717, 1.165) is 19.3 Å². The molecule has 3 heteroatoms. The average molecular weight is 357 g/mol. The van der Waals surface area contributed by atoms with Crippen LogP contribution in [0, 0.1) is 0 Å². The minimum Gasteiger partial charge on any atom is -0.463 e. The summed E-state index contributed by atoms with van der Waals surface area (Å²) in [4.78, 5) is 11.6. The predicted octanol–water partition coefficient (Wildman–Crippen LogP) is 6.83. The molecular weight excluding hydrogens is 312 g/mol. The molecule has 3 nitrogen and oxygen atoms in total. The largest absolute Gasteiger partial charge is 0.463 e. The Balaban J connectivity index is 3.16. The lowest BCUT2D eigenvalue weighted by atomic mass is 10.0. The lowest BCUT2D eigenvalue weighted by Crippen LogP contribution is -2.14. The highest BCUT2D eigenvalue weighted by Gasteiger charge is 2.03. The van der Waals surface area contributed by atoms with Gasteiger partial charge in [-0.25, -0.2) is 0 Å². The Labute approximate surface area is 157 Å². The van der Waals surface area contributed by atoms with E-state index in [2.05, 4.69) is 13.8 Å². The van der Waals surface area contributed by atoms with Crippen molar-refractivity contribution in [2.45, 2.75) is 123 Å². The standard InChI is InChI=1S/C22H44O3/c1-4-6-7-8-9-10-11-12-13-14-15-16-17-18-22(23)25-20-19-24-21(3)5-2/h21H,4-20H2,1-3H3. The second-order valence-corrected chi connectivity index (χ2v) is 7.30. The highest BCUT2D eigenvalue weighted by Crippen LogP contribution is 2.13. The lowest BCUT2D eigenvalue weighted by molar-refractivity contribution is -0.145. The summed E-state index contributed by atoms with van der Waals surface area (Å²) in [7, 11) is 0. The summed E-state index contributed by atoms with van der Waals surface area (Å²) in [5.41, 5.74) is 0. The summed E-state index contributed by atoms with van der Waals surface area (Å²) < 4.78 is 10.7. The van der Waals surface area contributed by atoms with E-state index in [1.165, 1.54) is 70.6 Å². The molecule has 150 valence electrons. The summed E-state index contributed by atoms with van der Waals surface area (Å²) in [5, 5.41) is 0. The first-order valence-electron chi connectivity index (χ1n) is 11.0. The van der Waals surface area contributed by atoms with E-state index in [0.29, 0.717) is 19.6 Å². The Kier molecular flexibility index (Phi) is 19.3. The van der Waals surface area contributed by atoms with Gasteiger partial charge in [-0.1, -0.05) is 90.9 Å². The van der Waals surface area contributed by atoms with E-state index in [1.54, 1.807) is 0 Å². The van der Waals surface area contributed by atoms with Crippen molar-refractivity contribution in [3.63, 3.8) is 0 Å². The van der Waals surface area contributed by atoms with Gasteiger partial charge < -0.3 is 9.47 Å². The number of rotatable bonds is 19. The molecule has 0 aliphatic carbocycles.